The van der Waals surface area contributed by atoms with Gasteiger partial charge >= 0.3 is 0 Å². The van der Waals surface area contributed by atoms with Gasteiger partial charge in [0.25, 0.3) is 0 Å². The van der Waals surface area contributed by atoms with Gasteiger partial charge in [-0.3, -0.25) is 0 Å². The molecule has 0 saturated carbocycles. The van der Waals surface area contributed by atoms with E-state index in [-0.39, 0.29) is 0 Å². The first-order valence-corrected chi connectivity index (χ1v) is 21.9. The maximum atomic E-state index is 6.90. The summed E-state index contributed by atoms with van der Waals surface area (Å²) in [4.78, 5) is 2.39. The van der Waals surface area contributed by atoms with Crippen LogP contribution in [-0.2, 0) is 0 Å². The number of furan rings is 1. The second-order valence-corrected chi connectivity index (χ2v) is 16.4. The Hall–Kier alpha value is -8.46. The monoisotopic (exact) mass is 815 g/mol. The molecule has 0 aliphatic rings. The maximum absolute atomic E-state index is 6.90. The number of nitrogens with zero attached hydrogens (tertiary/aromatic N) is 1. The highest BCUT2D eigenvalue weighted by atomic mass is 16.3. The number of fused-ring (bicyclic) bond motifs is 5. The van der Waals surface area contributed by atoms with Gasteiger partial charge in [0, 0.05) is 22.3 Å². The highest BCUT2D eigenvalue weighted by Gasteiger charge is 2.23. The second-order valence-electron chi connectivity index (χ2n) is 16.4. The standard InChI is InChI=1S/C62H41NO/c1-2-13-42(14-3-1)44-25-28-47(29-26-44)53-19-8-9-20-54(53)48-33-37-52(38-34-48)63(51-35-31-45(32-36-51)50-30-27-43-15-4-5-17-49(43)41-50)59-40-39-57(56-23-12-18-46-16-6-7-21-55(46)56)62-61(59)58-22-10-11-24-60(58)64-62/h1-41H. The predicted octanol–water partition coefficient (Wildman–Crippen LogP) is 17.7. The van der Waals surface area contributed by atoms with Gasteiger partial charge in [-0.2, -0.15) is 0 Å². The van der Waals surface area contributed by atoms with Crippen LogP contribution < -0.4 is 4.90 Å². The Morgan fingerprint density at radius 1 is 0.281 bits per heavy atom. The van der Waals surface area contributed by atoms with Crippen LogP contribution in [0.1, 0.15) is 0 Å². The lowest BCUT2D eigenvalue weighted by Gasteiger charge is -2.27. The van der Waals surface area contributed by atoms with Gasteiger partial charge in [0.05, 0.1) is 11.1 Å². The molecule has 1 aromatic heterocycles. The normalized spacial score (nSPS) is 11.4. The van der Waals surface area contributed by atoms with Gasteiger partial charge in [0.1, 0.15) is 11.2 Å². The van der Waals surface area contributed by atoms with Crippen LogP contribution in [0.4, 0.5) is 17.1 Å². The zero-order valence-corrected chi connectivity index (χ0v) is 35.0. The smallest absolute Gasteiger partial charge is 0.145 e. The van der Waals surface area contributed by atoms with Crippen molar-refractivity contribution in [2.45, 2.75) is 0 Å². The van der Waals surface area contributed by atoms with Crippen molar-refractivity contribution in [1.29, 1.82) is 0 Å². The number of hydrogen-bond donors (Lipinski definition) is 0. The largest absolute Gasteiger partial charge is 0.455 e. The maximum Gasteiger partial charge on any atom is 0.145 e. The zero-order chi connectivity index (χ0) is 42.4. The Bertz CT molecular complexity index is 3630. The third kappa shape index (κ3) is 6.61. The Kier molecular flexibility index (Phi) is 9.20. The van der Waals surface area contributed by atoms with Crippen molar-refractivity contribution in [2.24, 2.45) is 0 Å². The third-order valence-corrected chi connectivity index (χ3v) is 12.7. The first-order chi connectivity index (χ1) is 31.7. The van der Waals surface area contributed by atoms with Crippen molar-refractivity contribution in [3.63, 3.8) is 0 Å². The van der Waals surface area contributed by atoms with Crippen molar-refractivity contribution < 1.29 is 4.42 Å². The zero-order valence-electron chi connectivity index (χ0n) is 35.0. The van der Waals surface area contributed by atoms with Gasteiger partial charge in [-0.05, 0) is 120 Å². The number of rotatable bonds is 8. The lowest BCUT2D eigenvalue weighted by atomic mass is 9.93. The van der Waals surface area contributed by atoms with E-state index in [0.717, 1.165) is 55.7 Å². The van der Waals surface area contributed by atoms with Crippen LogP contribution in [0.3, 0.4) is 0 Å². The SMILES string of the molecule is c1ccc(-c2ccc(-c3ccccc3-c3ccc(N(c4ccc(-c5ccc6ccccc6c5)cc4)c4ccc(-c5cccc6ccccc56)c5oc6ccccc6c45)cc3)cc2)cc1. The van der Waals surface area contributed by atoms with Gasteiger partial charge < -0.3 is 9.32 Å². The fourth-order valence-corrected chi connectivity index (χ4v) is 9.52. The van der Waals surface area contributed by atoms with Gasteiger partial charge in [0.15, 0.2) is 0 Å². The average Bonchev–Trinajstić information content (AvgIpc) is 3.77. The summed E-state index contributed by atoms with van der Waals surface area (Å²) in [5.41, 5.74) is 16.6. The molecule has 0 amide bonds. The molecule has 12 aromatic rings. The predicted molar refractivity (Wildman–Crippen MR) is 271 cm³/mol. The second kappa shape index (κ2) is 15.8. The molecule has 0 bridgehead atoms. The van der Waals surface area contributed by atoms with Crippen molar-refractivity contribution in [3.8, 4) is 55.6 Å². The fraction of sp³-hybridized carbons (Fsp3) is 0. The molecular weight excluding hydrogens is 775 g/mol. The van der Waals surface area contributed by atoms with Gasteiger partial charge in [-0.15, -0.1) is 0 Å². The summed E-state index contributed by atoms with van der Waals surface area (Å²) in [6, 6.07) is 89.5. The van der Waals surface area contributed by atoms with E-state index >= 15 is 0 Å². The first-order valence-electron chi connectivity index (χ1n) is 21.9. The molecule has 0 unspecified atom stereocenters. The summed E-state index contributed by atoms with van der Waals surface area (Å²) in [5, 5.41) is 7.03. The summed E-state index contributed by atoms with van der Waals surface area (Å²) in [6.07, 6.45) is 0. The average molecular weight is 816 g/mol. The summed E-state index contributed by atoms with van der Waals surface area (Å²) in [5.74, 6) is 0. The fourth-order valence-electron chi connectivity index (χ4n) is 9.52. The minimum atomic E-state index is 0.863. The molecule has 0 fully saturated rings. The van der Waals surface area contributed by atoms with Crippen LogP contribution in [0.25, 0.3) is 99.1 Å². The molecule has 0 aliphatic carbocycles. The van der Waals surface area contributed by atoms with E-state index < -0.39 is 0 Å². The molecule has 1 heterocycles. The van der Waals surface area contributed by atoms with E-state index in [0.29, 0.717) is 0 Å². The minimum Gasteiger partial charge on any atom is -0.455 e. The van der Waals surface area contributed by atoms with Crippen LogP contribution in [0, 0.1) is 0 Å². The van der Waals surface area contributed by atoms with Crippen LogP contribution in [0.15, 0.2) is 253 Å². The van der Waals surface area contributed by atoms with Crippen LogP contribution in [-0.4, -0.2) is 0 Å². The van der Waals surface area contributed by atoms with E-state index in [1.165, 1.54) is 60.5 Å². The van der Waals surface area contributed by atoms with E-state index in [9.17, 15) is 0 Å². The quantitative estimate of drug-likeness (QED) is 0.152. The van der Waals surface area contributed by atoms with Crippen LogP contribution in [0.5, 0.6) is 0 Å². The molecular formula is C62H41NO. The summed E-state index contributed by atoms with van der Waals surface area (Å²) in [7, 11) is 0. The van der Waals surface area contributed by atoms with Crippen LogP contribution >= 0.6 is 0 Å². The third-order valence-electron chi connectivity index (χ3n) is 12.7. The van der Waals surface area contributed by atoms with Crippen molar-refractivity contribution >= 4 is 60.5 Å². The Morgan fingerprint density at radius 3 is 1.52 bits per heavy atom. The van der Waals surface area contributed by atoms with E-state index in [1.54, 1.807) is 0 Å². The summed E-state index contributed by atoms with van der Waals surface area (Å²) in [6.45, 7) is 0. The van der Waals surface area contributed by atoms with E-state index in [4.69, 9.17) is 4.42 Å². The van der Waals surface area contributed by atoms with Gasteiger partial charge in [0.2, 0.25) is 0 Å². The number of anilines is 3. The van der Waals surface area contributed by atoms with Crippen LogP contribution in [0.2, 0.25) is 0 Å². The summed E-state index contributed by atoms with van der Waals surface area (Å²) >= 11 is 0. The molecule has 2 heteroatoms. The summed E-state index contributed by atoms with van der Waals surface area (Å²) < 4.78 is 6.90. The molecule has 11 aromatic carbocycles. The van der Waals surface area contributed by atoms with Crippen molar-refractivity contribution in [3.05, 3.63) is 249 Å². The van der Waals surface area contributed by atoms with Crippen molar-refractivity contribution in [1.82, 2.24) is 0 Å². The molecule has 0 aliphatic heterocycles. The number of hydrogen-bond acceptors (Lipinski definition) is 2. The number of para-hydroxylation sites is 1. The van der Waals surface area contributed by atoms with E-state index in [1.807, 2.05) is 0 Å². The molecule has 0 atom stereocenters. The molecule has 12 rings (SSSR count). The topological polar surface area (TPSA) is 16.4 Å². The molecule has 0 saturated heterocycles. The van der Waals surface area contributed by atoms with Gasteiger partial charge in [-0.1, -0.05) is 200 Å². The molecule has 0 spiro atoms. The van der Waals surface area contributed by atoms with Gasteiger partial charge in [-0.25, -0.2) is 0 Å². The highest BCUT2D eigenvalue weighted by Crippen LogP contribution is 2.47. The Balaban J connectivity index is 1.00. The Morgan fingerprint density at radius 2 is 0.781 bits per heavy atom. The Labute approximate surface area is 372 Å². The molecule has 300 valence electrons. The molecule has 0 N–H and O–H groups in total. The first kappa shape index (κ1) is 37.3. The number of benzene rings is 11. The lowest BCUT2D eigenvalue weighted by molar-refractivity contribution is 0.670. The lowest BCUT2D eigenvalue weighted by Crippen LogP contribution is -2.10. The molecule has 0 radical (unpaired) electrons. The minimum absolute atomic E-state index is 0.863. The highest BCUT2D eigenvalue weighted by molar-refractivity contribution is 6.18. The van der Waals surface area contributed by atoms with E-state index in [2.05, 4.69) is 254 Å². The molecule has 64 heavy (non-hydrogen) atoms. The molecule has 2 nitrogen and oxygen atoms in total. The van der Waals surface area contributed by atoms with Crippen molar-refractivity contribution in [2.75, 3.05) is 4.90 Å².